The molecule has 0 saturated carbocycles. The third kappa shape index (κ3) is 3.06. The highest BCUT2D eigenvalue weighted by Gasteiger charge is 2.34. The number of pyridine rings is 1. The number of hydrogen-bond donors (Lipinski definition) is 1. The molecule has 2 aromatic rings. The van der Waals surface area contributed by atoms with Gasteiger partial charge in [-0.25, -0.2) is 0 Å². The molecule has 0 radical (unpaired) electrons. The van der Waals surface area contributed by atoms with Crippen molar-refractivity contribution in [1.82, 2.24) is 4.98 Å². The van der Waals surface area contributed by atoms with Crippen LogP contribution in [-0.2, 0) is 12.6 Å². The van der Waals surface area contributed by atoms with E-state index in [-0.39, 0.29) is 4.64 Å². The van der Waals surface area contributed by atoms with Crippen LogP contribution in [0.5, 0.6) is 0 Å². The highest BCUT2D eigenvalue weighted by Crippen LogP contribution is 2.32. The molecule has 1 aromatic heterocycles. The van der Waals surface area contributed by atoms with E-state index in [2.05, 4.69) is 4.98 Å². The number of nitriles is 1. The number of hydrogen-bond acceptors (Lipinski definition) is 2. The molecule has 0 amide bonds. The molecule has 0 spiro atoms. The lowest BCUT2D eigenvalue weighted by atomic mass is 10.1. The third-order valence-electron chi connectivity index (χ3n) is 2.74. The van der Waals surface area contributed by atoms with Crippen LogP contribution in [0.2, 0.25) is 0 Å². The molecular weight excluding hydrogens is 285 g/mol. The van der Waals surface area contributed by atoms with Crippen molar-refractivity contribution in [2.24, 2.45) is 0 Å². The fraction of sp³-hybridized carbons (Fsp3) is 0.143. The standard InChI is InChI=1S/C14H9F3N2S/c15-14(16,17)12-7-10(19-13(20)11(12)8-18)6-9-4-2-1-3-5-9/h1-5,7H,6H2,(H,19,20). The summed E-state index contributed by atoms with van der Waals surface area (Å²) in [4.78, 5) is 2.68. The maximum Gasteiger partial charge on any atom is 0.417 e. The van der Waals surface area contributed by atoms with Crippen molar-refractivity contribution in [2.45, 2.75) is 12.6 Å². The molecule has 0 saturated heterocycles. The molecule has 6 heteroatoms. The van der Waals surface area contributed by atoms with Crippen molar-refractivity contribution in [3.63, 3.8) is 0 Å². The number of halogens is 3. The van der Waals surface area contributed by atoms with Gasteiger partial charge >= 0.3 is 6.18 Å². The van der Waals surface area contributed by atoms with Crippen LogP contribution in [0.25, 0.3) is 0 Å². The van der Waals surface area contributed by atoms with Crippen LogP contribution in [-0.4, -0.2) is 4.98 Å². The summed E-state index contributed by atoms with van der Waals surface area (Å²) in [5.41, 5.74) is -0.345. The van der Waals surface area contributed by atoms with E-state index in [0.717, 1.165) is 11.6 Å². The number of nitrogens with one attached hydrogen (secondary N) is 1. The van der Waals surface area contributed by atoms with E-state index in [4.69, 9.17) is 17.5 Å². The Balaban J connectivity index is 2.50. The lowest BCUT2D eigenvalue weighted by Gasteiger charge is -2.11. The second-order valence-corrected chi connectivity index (χ2v) is 4.59. The largest absolute Gasteiger partial charge is 0.417 e. The fourth-order valence-electron chi connectivity index (χ4n) is 1.86. The van der Waals surface area contributed by atoms with Crippen LogP contribution in [0, 0.1) is 16.0 Å². The summed E-state index contributed by atoms with van der Waals surface area (Å²) in [5, 5.41) is 8.81. The number of rotatable bonds is 2. The van der Waals surface area contributed by atoms with Gasteiger partial charge in [-0.05, 0) is 11.6 Å². The first-order chi connectivity index (χ1) is 9.41. The lowest BCUT2D eigenvalue weighted by molar-refractivity contribution is -0.137. The summed E-state index contributed by atoms with van der Waals surface area (Å²) < 4.78 is 38.6. The normalized spacial score (nSPS) is 11.1. The van der Waals surface area contributed by atoms with E-state index >= 15 is 0 Å². The van der Waals surface area contributed by atoms with Crippen molar-refractivity contribution in [2.75, 3.05) is 0 Å². The summed E-state index contributed by atoms with van der Waals surface area (Å²) in [6.45, 7) is 0. The topological polar surface area (TPSA) is 39.6 Å². The SMILES string of the molecule is N#Cc1c(C(F)(F)F)cc(Cc2ccccc2)[nH]c1=S. The van der Waals surface area contributed by atoms with Crippen molar-refractivity contribution < 1.29 is 13.2 Å². The van der Waals surface area contributed by atoms with Crippen LogP contribution in [0.15, 0.2) is 36.4 Å². The van der Waals surface area contributed by atoms with Crippen molar-refractivity contribution >= 4 is 12.2 Å². The summed E-state index contributed by atoms with van der Waals surface area (Å²) in [6, 6.07) is 11.5. The van der Waals surface area contributed by atoms with Crippen molar-refractivity contribution in [3.05, 3.63) is 63.4 Å². The number of aromatic amines is 1. The van der Waals surface area contributed by atoms with E-state index in [0.29, 0.717) is 12.1 Å². The van der Waals surface area contributed by atoms with Gasteiger partial charge < -0.3 is 4.98 Å². The molecule has 0 aliphatic heterocycles. The Morgan fingerprint density at radius 1 is 1.20 bits per heavy atom. The van der Waals surface area contributed by atoms with E-state index in [1.54, 1.807) is 12.1 Å². The minimum Gasteiger partial charge on any atom is -0.349 e. The minimum absolute atomic E-state index is 0.187. The zero-order valence-corrected chi connectivity index (χ0v) is 11.0. The maximum absolute atomic E-state index is 12.9. The summed E-state index contributed by atoms with van der Waals surface area (Å²) in [5.74, 6) is 0. The number of alkyl halides is 3. The first kappa shape index (κ1) is 14.3. The molecule has 20 heavy (non-hydrogen) atoms. The molecular formula is C14H9F3N2S. The first-order valence-corrected chi connectivity index (χ1v) is 6.10. The van der Waals surface area contributed by atoms with E-state index in [1.807, 2.05) is 18.2 Å². The first-order valence-electron chi connectivity index (χ1n) is 5.69. The molecule has 1 aromatic carbocycles. The highest BCUT2D eigenvalue weighted by atomic mass is 32.1. The van der Waals surface area contributed by atoms with Crippen LogP contribution in [0.1, 0.15) is 22.4 Å². The molecule has 0 aliphatic carbocycles. The van der Waals surface area contributed by atoms with Gasteiger partial charge in [0.1, 0.15) is 10.7 Å². The molecule has 0 atom stereocenters. The molecule has 102 valence electrons. The molecule has 0 bridgehead atoms. The van der Waals surface area contributed by atoms with Crippen LogP contribution in [0.4, 0.5) is 13.2 Å². The van der Waals surface area contributed by atoms with Gasteiger partial charge in [0.2, 0.25) is 0 Å². The number of aromatic nitrogens is 1. The van der Waals surface area contributed by atoms with Crippen LogP contribution >= 0.6 is 12.2 Å². The Morgan fingerprint density at radius 2 is 1.85 bits per heavy atom. The fourth-order valence-corrected chi connectivity index (χ4v) is 2.15. The predicted molar refractivity (Wildman–Crippen MR) is 70.6 cm³/mol. The van der Waals surface area contributed by atoms with Crippen LogP contribution in [0.3, 0.4) is 0 Å². The second-order valence-electron chi connectivity index (χ2n) is 4.18. The second kappa shape index (κ2) is 5.47. The highest BCUT2D eigenvalue weighted by molar-refractivity contribution is 7.71. The van der Waals surface area contributed by atoms with Gasteiger partial charge in [0.15, 0.2) is 0 Å². The zero-order valence-electron chi connectivity index (χ0n) is 10.2. The van der Waals surface area contributed by atoms with Crippen molar-refractivity contribution in [1.29, 1.82) is 5.26 Å². The molecule has 0 fully saturated rings. The summed E-state index contributed by atoms with van der Waals surface area (Å²) >= 11 is 4.83. The summed E-state index contributed by atoms with van der Waals surface area (Å²) in [7, 11) is 0. The van der Waals surface area contributed by atoms with E-state index in [1.165, 1.54) is 6.07 Å². The Morgan fingerprint density at radius 3 is 2.40 bits per heavy atom. The molecule has 1 heterocycles. The molecule has 1 N–H and O–H groups in total. The average Bonchev–Trinajstić information content (AvgIpc) is 2.38. The lowest BCUT2D eigenvalue weighted by Crippen LogP contribution is -2.10. The quantitative estimate of drug-likeness (QED) is 0.842. The van der Waals surface area contributed by atoms with Gasteiger partial charge in [-0.15, -0.1) is 0 Å². The molecule has 0 aliphatic rings. The monoisotopic (exact) mass is 294 g/mol. The van der Waals surface area contributed by atoms with Gasteiger partial charge in [-0.1, -0.05) is 42.5 Å². The molecule has 0 unspecified atom stereocenters. The van der Waals surface area contributed by atoms with Gasteiger partial charge in [-0.2, -0.15) is 18.4 Å². The Kier molecular flexibility index (Phi) is 3.91. The zero-order chi connectivity index (χ0) is 14.8. The van der Waals surface area contributed by atoms with Gasteiger partial charge in [0, 0.05) is 12.1 Å². The molecule has 2 nitrogen and oxygen atoms in total. The minimum atomic E-state index is -4.60. The maximum atomic E-state index is 12.9. The molecule has 2 rings (SSSR count). The smallest absolute Gasteiger partial charge is 0.349 e. The van der Waals surface area contributed by atoms with Gasteiger partial charge in [0.05, 0.1) is 11.1 Å². The van der Waals surface area contributed by atoms with Gasteiger partial charge in [-0.3, -0.25) is 0 Å². The Bertz CT molecular complexity index is 712. The van der Waals surface area contributed by atoms with Gasteiger partial charge in [0.25, 0.3) is 0 Å². The summed E-state index contributed by atoms with van der Waals surface area (Å²) in [6.07, 6.45) is -4.31. The Labute approximate surface area is 118 Å². The van der Waals surface area contributed by atoms with E-state index in [9.17, 15) is 13.2 Å². The van der Waals surface area contributed by atoms with Crippen molar-refractivity contribution in [3.8, 4) is 6.07 Å². The average molecular weight is 294 g/mol. The predicted octanol–water partition coefficient (Wildman–Crippen LogP) is 4.23. The van der Waals surface area contributed by atoms with Crippen LogP contribution < -0.4 is 0 Å². The number of benzene rings is 1. The van der Waals surface area contributed by atoms with E-state index < -0.39 is 17.3 Å². The number of nitrogens with zero attached hydrogens (tertiary/aromatic N) is 1. The number of H-pyrrole nitrogens is 1. The third-order valence-corrected chi connectivity index (χ3v) is 3.05. The Hall–Kier alpha value is -2.13.